The minimum absolute atomic E-state index is 0.416. The van der Waals surface area contributed by atoms with Crippen molar-refractivity contribution in [3.05, 3.63) is 41.7 Å². The lowest BCUT2D eigenvalue weighted by Gasteiger charge is -2.04. The first kappa shape index (κ1) is 13.2. The summed E-state index contributed by atoms with van der Waals surface area (Å²) in [4.78, 5) is 6.24. The average molecular weight is 281 g/mol. The van der Waals surface area contributed by atoms with Gasteiger partial charge in [-0.3, -0.25) is 4.21 Å². The van der Waals surface area contributed by atoms with E-state index in [0.717, 1.165) is 10.7 Å². The van der Waals surface area contributed by atoms with E-state index in [1.54, 1.807) is 0 Å². The monoisotopic (exact) mass is 281 g/mol. The van der Waals surface area contributed by atoms with E-state index in [0.29, 0.717) is 17.3 Å². The molecule has 96 valence electrons. The Labute approximate surface area is 113 Å². The zero-order chi connectivity index (χ0) is 13.0. The number of anilines is 1. The minimum Gasteiger partial charge on any atom is -0.353 e. The van der Waals surface area contributed by atoms with Gasteiger partial charge in [0.05, 0.1) is 5.75 Å². The van der Waals surface area contributed by atoms with Crippen LogP contribution in [0.5, 0.6) is 0 Å². The van der Waals surface area contributed by atoms with Gasteiger partial charge in [-0.25, -0.2) is 4.98 Å². The number of hydrogen-bond acceptors (Lipinski definition) is 5. The molecule has 1 aromatic heterocycles. The molecule has 0 N–H and O–H groups in total. The molecule has 2 rings (SSSR count). The van der Waals surface area contributed by atoms with Crippen molar-refractivity contribution in [3.63, 3.8) is 0 Å². The Kier molecular flexibility index (Phi) is 4.43. The Balaban J connectivity index is 1.95. The maximum atomic E-state index is 12.0. The van der Waals surface area contributed by atoms with Crippen LogP contribution in [-0.2, 0) is 22.3 Å². The molecule has 0 aliphatic rings. The van der Waals surface area contributed by atoms with Gasteiger partial charge < -0.3 is 4.90 Å². The second-order valence-corrected chi connectivity index (χ2v) is 6.29. The van der Waals surface area contributed by atoms with E-state index in [4.69, 9.17) is 0 Å². The van der Waals surface area contributed by atoms with Gasteiger partial charge >= 0.3 is 0 Å². The third-order valence-corrected chi connectivity index (χ3v) is 4.46. The lowest BCUT2D eigenvalue weighted by molar-refractivity contribution is 0.681. The van der Waals surface area contributed by atoms with Crippen LogP contribution in [0.4, 0.5) is 5.13 Å². The third-order valence-electron chi connectivity index (χ3n) is 2.30. The average Bonchev–Trinajstić information content (AvgIpc) is 2.78. The van der Waals surface area contributed by atoms with Gasteiger partial charge in [-0.15, -0.1) is 0 Å². The highest BCUT2D eigenvalue weighted by Crippen LogP contribution is 2.15. The summed E-state index contributed by atoms with van der Waals surface area (Å²) in [5.41, 5.74) is 1.08. The molecule has 1 heterocycles. The summed E-state index contributed by atoms with van der Waals surface area (Å²) in [6.45, 7) is 0. The Hall–Kier alpha value is -1.27. The lowest BCUT2D eigenvalue weighted by atomic mass is 10.2. The molecule has 0 saturated carbocycles. The fourth-order valence-electron chi connectivity index (χ4n) is 1.44. The number of hydrogen-bond donors (Lipinski definition) is 0. The van der Waals surface area contributed by atoms with Crippen LogP contribution in [-0.4, -0.2) is 27.7 Å². The molecule has 0 bridgehead atoms. The molecular formula is C12H15N3OS2. The Morgan fingerprint density at radius 3 is 2.56 bits per heavy atom. The van der Waals surface area contributed by atoms with Gasteiger partial charge in [-0.2, -0.15) is 4.37 Å². The van der Waals surface area contributed by atoms with E-state index < -0.39 is 10.8 Å². The minimum atomic E-state index is -0.959. The van der Waals surface area contributed by atoms with E-state index >= 15 is 0 Å². The quantitative estimate of drug-likeness (QED) is 0.841. The SMILES string of the molecule is CN(C)c1nc(C[S@](=O)Cc2ccccc2)ns1. The molecule has 0 unspecified atom stereocenters. The van der Waals surface area contributed by atoms with Gasteiger partial charge in [-0.1, -0.05) is 30.3 Å². The smallest absolute Gasteiger partial charge is 0.204 e. The predicted octanol–water partition coefficient (Wildman–Crippen LogP) is 2.05. The summed E-state index contributed by atoms with van der Waals surface area (Å²) in [6.07, 6.45) is 0. The predicted molar refractivity (Wildman–Crippen MR) is 76.2 cm³/mol. The molecule has 0 spiro atoms. The van der Waals surface area contributed by atoms with Crippen LogP contribution in [0.1, 0.15) is 11.4 Å². The van der Waals surface area contributed by atoms with Crippen LogP contribution < -0.4 is 4.90 Å². The van der Waals surface area contributed by atoms with Gasteiger partial charge in [0, 0.05) is 42.2 Å². The molecular weight excluding hydrogens is 266 g/mol. The highest BCUT2D eigenvalue weighted by Gasteiger charge is 2.09. The topological polar surface area (TPSA) is 46.1 Å². The van der Waals surface area contributed by atoms with Crippen molar-refractivity contribution in [1.82, 2.24) is 9.36 Å². The van der Waals surface area contributed by atoms with Gasteiger partial charge in [-0.05, 0) is 5.56 Å². The van der Waals surface area contributed by atoms with Crippen LogP contribution in [0.15, 0.2) is 30.3 Å². The van der Waals surface area contributed by atoms with Crippen molar-refractivity contribution in [3.8, 4) is 0 Å². The third kappa shape index (κ3) is 3.61. The van der Waals surface area contributed by atoms with Crippen molar-refractivity contribution in [2.75, 3.05) is 19.0 Å². The van der Waals surface area contributed by atoms with Crippen LogP contribution in [0.25, 0.3) is 0 Å². The molecule has 0 amide bonds. The van der Waals surface area contributed by atoms with Crippen molar-refractivity contribution >= 4 is 27.5 Å². The highest BCUT2D eigenvalue weighted by atomic mass is 32.2. The van der Waals surface area contributed by atoms with E-state index in [9.17, 15) is 4.21 Å². The first-order chi connectivity index (χ1) is 8.65. The molecule has 2 aromatic rings. The molecule has 0 saturated heterocycles. The first-order valence-electron chi connectivity index (χ1n) is 5.54. The van der Waals surface area contributed by atoms with Crippen LogP contribution in [0, 0.1) is 0 Å². The zero-order valence-corrected chi connectivity index (χ0v) is 12.0. The molecule has 0 aliphatic carbocycles. The maximum Gasteiger partial charge on any atom is 0.204 e. The molecule has 6 heteroatoms. The van der Waals surface area contributed by atoms with Crippen molar-refractivity contribution in [1.29, 1.82) is 0 Å². The van der Waals surface area contributed by atoms with Gasteiger partial charge in [0.2, 0.25) is 5.13 Å². The summed E-state index contributed by atoms with van der Waals surface area (Å²) in [7, 11) is 2.88. The number of nitrogens with zero attached hydrogens (tertiary/aromatic N) is 3. The summed E-state index contributed by atoms with van der Waals surface area (Å²) >= 11 is 1.34. The fourth-order valence-corrected chi connectivity index (χ4v) is 3.21. The van der Waals surface area contributed by atoms with Gasteiger partial charge in [0.1, 0.15) is 0 Å². The van der Waals surface area contributed by atoms with Gasteiger partial charge in [0.15, 0.2) is 5.82 Å². The van der Waals surface area contributed by atoms with Crippen molar-refractivity contribution in [2.45, 2.75) is 11.5 Å². The normalized spacial score (nSPS) is 12.3. The van der Waals surface area contributed by atoms with Crippen molar-refractivity contribution < 1.29 is 4.21 Å². The standard InChI is InChI=1S/C12H15N3OS2/c1-15(2)12-13-11(14-17-12)9-18(16)8-10-6-4-3-5-7-10/h3-7H,8-9H2,1-2H3/t18-/m1/s1. The summed E-state index contributed by atoms with van der Waals surface area (Å²) < 4.78 is 16.2. The molecule has 0 aliphatic heterocycles. The molecule has 0 radical (unpaired) electrons. The van der Waals surface area contributed by atoms with Crippen LogP contribution in [0.2, 0.25) is 0 Å². The Bertz CT molecular complexity index is 525. The lowest BCUT2D eigenvalue weighted by Crippen LogP contribution is -2.08. The maximum absolute atomic E-state index is 12.0. The highest BCUT2D eigenvalue weighted by molar-refractivity contribution is 7.83. The summed E-state index contributed by atoms with van der Waals surface area (Å²) in [5, 5.41) is 0.849. The summed E-state index contributed by atoms with van der Waals surface area (Å²) in [6, 6.07) is 9.84. The molecule has 18 heavy (non-hydrogen) atoms. The van der Waals surface area contributed by atoms with E-state index in [1.165, 1.54) is 11.5 Å². The van der Waals surface area contributed by atoms with Crippen LogP contribution in [0.3, 0.4) is 0 Å². The number of benzene rings is 1. The molecule has 1 atom stereocenters. The van der Waals surface area contributed by atoms with Gasteiger partial charge in [0.25, 0.3) is 0 Å². The van der Waals surface area contributed by atoms with Crippen molar-refractivity contribution in [2.24, 2.45) is 0 Å². The molecule has 0 fully saturated rings. The molecule has 4 nitrogen and oxygen atoms in total. The second kappa shape index (κ2) is 6.06. The second-order valence-electron chi connectivity index (χ2n) is 4.10. The zero-order valence-electron chi connectivity index (χ0n) is 10.4. The largest absolute Gasteiger partial charge is 0.353 e. The summed E-state index contributed by atoms with van der Waals surface area (Å²) in [5.74, 6) is 1.63. The van der Waals surface area contributed by atoms with E-state index in [-0.39, 0.29) is 0 Å². The van der Waals surface area contributed by atoms with Crippen LogP contribution >= 0.6 is 11.5 Å². The fraction of sp³-hybridized carbons (Fsp3) is 0.333. The van der Waals surface area contributed by atoms with E-state index in [2.05, 4.69) is 9.36 Å². The number of rotatable bonds is 5. The Morgan fingerprint density at radius 2 is 1.94 bits per heavy atom. The number of aromatic nitrogens is 2. The molecule has 1 aromatic carbocycles. The first-order valence-corrected chi connectivity index (χ1v) is 7.80. The Morgan fingerprint density at radius 1 is 1.22 bits per heavy atom. The van der Waals surface area contributed by atoms with E-state index in [1.807, 2.05) is 49.3 Å².